The fourth-order valence-electron chi connectivity index (χ4n) is 4.33. The van der Waals surface area contributed by atoms with E-state index in [1.807, 2.05) is 31.2 Å². The molecule has 4 heteroatoms. The van der Waals surface area contributed by atoms with Gasteiger partial charge < -0.3 is 14.5 Å². The van der Waals surface area contributed by atoms with Crippen molar-refractivity contribution >= 4 is 5.91 Å². The maximum Gasteiger partial charge on any atom is 0.254 e. The van der Waals surface area contributed by atoms with Crippen LogP contribution in [0.1, 0.15) is 29.3 Å². The Bertz CT molecular complexity index is 574. The zero-order valence-corrected chi connectivity index (χ0v) is 14.5. The van der Waals surface area contributed by atoms with Gasteiger partial charge in [0.25, 0.3) is 5.91 Å². The van der Waals surface area contributed by atoms with Gasteiger partial charge in [-0.25, -0.2) is 0 Å². The third-order valence-electron chi connectivity index (χ3n) is 5.75. The number of hydrogen-bond acceptors (Lipinski definition) is 3. The van der Waals surface area contributed by atoms with Crippen molar-refractivity contribution in [3.05, 3.63) is 35.4 Å². The molecule has 4 nitrogen and oxygen atoms in total. The maximum absolute atomic E-state index is 12.9. The monoisotopic (exact) mass is 316 g/mol. The summed E-state index contributed by atoms with van der Waals surface area (Å²) in [6.45, 7) is 10.0. The van der Waals surface area contributed by atoms with Crippen LogP contribution in [0.2, 0.25) is 0 Å². The van der Waals surface area contributed by atoms with E-state index < -0.39 is 0 Å². The number of carbonyl (C=O) groups excluding carboxylic acids is 1. The Morgan fingerprint density at radius 2 is 2.13 bits per heavy atom. The Kier molecular flexibility index (Phi) is 4.74. The number of rotatable bonds is 4. The van der Waals surface area contributed by atoms with E-state index >= 15 is 0 Å². The van der Waals surface area contributed by atoms with Crippen LogP contribution in [0.5, 0.6) is 0 Å². The van der Waals surface area contributed by atoms with Gasteiger partial charge in [0.2, 0.25) is 0 Å². The van der Waals surface area contributed by atoms with Crippen molar-refractivity contribution in [2.75, 3.05) is 46.4 Å². The van der Waals surface area contributed by atoms with Crippen molar-refractivity contribution < 1.29 is 9.53 Å². The summed E-state index contributed by atoms with van der Waals surface area (Å²) in [7, 11) is 1.79. The van der Waals surface area contributed by atoms with Crippen molar-refractivity contribution in [3.8, 4) is 0 Å². The number of benzene rings is 1. The van der Waals surface area contributed by atoms with Crippen LogP contribution in [0, 0.1) is 18.3 Å². The lowest BCUT2D eigenvalue weighted by Gasteiger charge is -2.30. The average molecular weight is 316 g/mol. The van der Waals surface area contributed by atoms with E-state index in [1.165, 1.54) is 0 Å². The second-order valence-electron chi connectivity index (χ2n) is 7.13. The van der Waals surface area contributed by atoms with Crippen LogP contribution in [0.4, 0.5) is 0 Å². The highest BCUT2D eigenvalue weighted by Crippen LogP contribution is 2.44. The zero-order chi connectivity index (χ0) is 16.4. The summed E-state index contributed by atoms with van der Waals surface area (Å²) in [5.74, 6) is 0.716. The van der Waals surface area contributed by atoms with Gasteiger partial charge in [-0.2, -0.15) is 0 Å². The molecule has 23 heavy (non-hydrogen) atoms. The number of hydrogen-bond donors (Lipinski definition) is 0. The lowest BCUT2D eigenvalue weighted by Crippen LogP contribution is -2.38. The van der Waals surface area contributed by atoms with Crippen molar-refractivity contribution in [1.82, 2.24) is 9.80 Å². The van der Waals surface area contributed by atoms with Crippen LogP contribution >= 0.6 is 0 Å². The largest absolute Gasteiger partial charge is 0.384 e. The summed E-state index contributed by atoms with van der Waals surface area (Å²) in [6.07, 6.45) is 1.09. The van der Waals surface area contributed by atoms with Crippen molar-refractivity contribution in [2.45, 2.75) is 20.3 Å². The maximum atomic E-state index is 12.9. The first kappa shape index (κ1) is 16.5. The summed E-state index contributed by atoms with van der Waals surface area (Å²) >= 11 is 0. The highest BCUT2D eigenvalue weighted by Gasteiger charge is 2.50. The number of nitrogens with zero attached hydrogens (tertiary/aromatic N) is 2. The van der Waals surface area contributed by atoms with Gasteiger partial charge in [-0.05, 0) is 31.5 Å². The van der Waals surface area contributed by atoms with Crippen LogP contribution in [0.15, 0.2) is 24.3 Å². The second kappa shape index (κ2) is 6.62. The SMILES string of the molecule is CCN1C[C@H](COC)[C@@]2(CCN(C(=O)c3ccccc3C)C2)C1. The van der Waals surface area contributed by atoms with Gasteiger partial charge in [0, 0.05) is 50.2 Å². The molecular formula is C19H28N2O2. The molecule has 2 atom stereocenters. The molecule has 1 aromatic rings. The molecule has 2 aliphatic rings. The molecule has 1 spiro atoms. The fourth-order valence-corrected chi connectivity index (χ4v) is 4.33. The molecule has 0 aromatic heterocycles. The van der Waals surface area contributed by atoms with E-state index in [0.29, 0.717) is 5.92 Å². The standard InChI is InChI=1S/C19H28N2O2/c1-4-20-11-16(12-23-3)19(13-20)9-10-21(14-19)18(22)17-8-6-5-7-15(17)2/h5-8,16H,4,9-14H2,1-3H3/t16-,19+/m1/s1. The predicted molar refractivity (Wildman–Crippen MR) is 91.6 cm³/mol. The molecule has 1 aromatic carbocycles. The minimum absolute atomic E-state index is 0.186. The summed E-state index contributed by atoms with van der Waals surface area (Å²) in [5, 5.41) is 0. The summed E-state index contributed by atoms with van der Waals surface area (Å²) in [4.78, 5) is 17.5. The second-order valence-corrected chi connectivity index (χ2v) is 7.13. The lowest BCUT2D eigenvalue weighted by molar-refractivity contribution is 0.0715. The fraction of sp³-hybridized carbons (Fsp3) is 0.632. The Morgan fingerprint density at radius 3 is 2.83 bits per heavy atom. The van der Waals surface area contributed by atoms with Crippen LogP contribution in [0.3, 0.4) is 0 Å². The molecule has 0 unspecified atom stereocenters. The molecule has 0 aliphatic carbocycles. The van der Waals surface area contributed by atoms with Crippen molar-refractivity contribution in [1.29, 1.82) is 0 Å². The zero-order valence-electron chi connectivity index (χ0n) is 14.5. The molecule has 0 N–H and O–H groups in total. The number of amides is 1. The molecule has 2 fully saturated rings. The number of carbonyl (C=O) groups is 1. The van der Waals surface area contributed by atoms with Gasteiger partial charge in [0.05, 0.1) is 6.61 Å². The summed E-state index contributed by atoms with van der Waals surface area (Å²) < 4.78 is 5.47. The summed E-state index contributed by atoms with van der Waals surface area (Å²) in [6, 6.07) is 7.90. The first-order valence-corrected chi connectivity index (χ1v) is 8.66. The molecule has 2 aliphatic heterocycles. The van der Waals surface area contributed by atoms with Crippen LogP contribution in [-0.2, 0) is 4.74 Å². The van der Waals surface area contributed by atoms with E-state index in [9.17, 15) is 4.79 Å². The molecular weight excluding hydrogens is 288 g/mol. The van der Waals surface area contributed by atoms with E-state index in [-0.39, 0.29) is 11.3 Å². The van der Waals surface area contributed by atoms with Gasteiger partial charge >= 0.3 is 0 Å². The molecule has 0 bridgehead atoms. The normalized spacial score (nSPS) is 28.0. The van der Waals surface area contributed by atoms with E-state index in [4.69, 9.17) is 4.74 Å². The minimum Gasteiger partial charge on any atom is -0.384 e. The van der Waals surface area contributed by atoms with Crippen LogP contribution in [0.25, 0.3) is 0 Å². The van der Waals surface area contributed by atoms with Crippen LogP contribution < -0.4 is 0 Å². The van der Waals surface area contributed by atoms with Crippen molar-refractivity contribution in [3.63, 3.8) is 0 Å². The smallest absolute Gasteiger partial charge is 0.254 e. The van der Waals surface area contributed by atoms with Gasteiger partial charge in [-0.3, -0.25) is 4.79 Å². The Balaban J connectivity index is 1.77. The lowest BCUT2D eigenvalue weighted by atomic mass is 9.77. The molecule has 1 amide bonds. The average Bonchev–Trinajstić information content (AvgIpc) is 3.13. The predicted octanol–water partition coefficient (Wildman–Crippen LogP) is 2.43. The third-order valence-corrected chi connectivity index (χ3v) is 5.75. The van der Waals surface area contributed by atoms with E-state index in [1.54, 1.807) is 7.11 Å². The summed E-state index contributed by atoms with van der Waals surface area (Å²) in [5.41, 5.74) is 2.12. The van der Waals surface area contributed by atoms with Gasteiger partial charge in [0.1, 0.15) is 0 Å². The van der Waals surface area contributed by atoms with E-state index in [0.717, 1.165) is 56.9 Å². The highest BCUT2D eigenvalue weighted by molar-refractivity contribution is 5.95. The topological polar surface area (TPSA) is 32.8 Å². The van der Waals surface area contributed by atoms with Gasteiger partial charge in [-0.1, -0.05) is 25.1 Å². The molecule has 126 valence electrons. The first-order chi connectivity index (χ1) is 11.1. The Morgan fingerprint density at radius 1 is 1.35 bits per heavy atom. The number of aryl methyl sites for hydroxylation is 1. The minimum atomic E-state index is 0.186. The first-order valence-electron chi connectivity index (χ1n) is 8.66. The quantitative estimate of drug-likeness (QED) is 0.855. The van der Waals surface area contributed by atoms with Crippen LogP contribution in [-0.4, -0.2) is 62.1 Å². The molecule has 0 radical (unpaired) electrons. The molecule has 2 saturated heterocycles. The highest BCUT2D eigenvalue weighted by atomic mass is 16.5. The Hall–Kier alpha value is -1.39. The van der Waals surface area contributed by atoms with Gasteiger partial charge in [0.15, 0.2) is 0 Å². The van der Waals surface area contributed by atoms with Gasteiger partial charge in [-0.15, -0.1) is 0 Å². The number of ether oxygens (including phenoxy) is 1. The molecule has 2 heterocycles. The number of likely N-dealkylation sites (tertiary alicyclic amines) is 2. The van der Waals surface area contributed by atoms with E-state index in [2.05, 4.69) is 16.7 Å². The third kappa shape index (κ3) is 3.02. The molecule has 0 saturated carbocycles. The Labute approximate surface area is 139 Å². The van der Waals surface area contributed by atoms with Crippen molar-refractivity contribution in [2.24, 2.45) is 11.3 Å². The molecule has 3 rings (SSSR count). The number of methoxy groups -OCH3 is 1.